The monoisotopic (exact) mass is 707 g/mol. The number of ether oxygens (including phenoxy) is 4. The lowest BCUT2D eigenvalue weighted by Gasteiger charge is -2.64. The molecule has 1 N–H and O–H groups in total. The number of nitrogens with zero attached hydrogens (tertiary/aromatic N) is 3. The van der Waals surface area contributed by atoms with E-state index in [1.807, 2.05) is 36.8 Å². The van der Waals surface area contributed by atoms with Gasteiger partial charge in [-0.3, -0.25) is 4.79 Å². The molecule has 1 saturated heterocycles. The van der Waals surface area contributed by atoms with Gasteiger partial charge in [0.25, 0.3) is 0 Å². The molecule has 10 heteroatoms. The molecular formula is C42H49N3O7. The first kappa shape index (κ1) is 34.6. The van der Waals surface area contributed by atoms with Gasteiger partial charge < -0.3 is 28.6 Å². The summed E-state index contributed by atoms with van der Waals surface area (Å²) in [7, 11) is 1.35. The van der Waals surface area contributed by atoms with Crippen LogP contribution in [0.4, 0.5) is 5.95 Å². The quantitative estimate of drug-likeness (QED) is 0.168. The van der Waals surface area contributed by atoms with Crippen molar-refractivity contribution in [2.45, 2.75) is 116 Å². The molecule has 5 heterocycles. The minimum atomic E-state index is -1.45. The Bertz CT molecular complexity index is 2070. The van der Waals surface area contributed by atoms with Crippen molar-refractivity contribution in [3.05, 3.63) is 70.1 Å². The number of carbonyl (C=O) groups excluding carboxylic acids is 2. The number of fused-ring (bicyclic) bond motifs is 4. The Morgan fingerprint density at radius 2 is 1.83 bits per heavy atom. The van der Waals surface area contributed by atoms with Gasteiger partial charge in [0.1, 0.15) is 22.8 Å². The molecule has 10 nitrogen and oxygen atoms in total. The molecule has 7 atom stereocenters. The molecule has 3 aliphatic carbocycles. The standard InChI is InChI=1S/C42H49N3O7/c1-22(2)11-10-16-40(8)17-15-25-33(46)29-31-30-32(45-20-19-43-38(45)44-31)27-21-28-39(6,7)52-41(36(27)47,18-14-24(5)37(48)49-9)42(28,30)51-35(29)26(34(25)50-40)13-12-23(3)4/h11-12,14-15,17,19-20,27-28,30,32,46H,10,13,16,18,21H2,1-9H3. The van der Waals surface area contributed by atoms with Crippen LogP contribution in [0.15, 0.2) is 58.4 Å². The Balaban J connectivity index is 1.41. The number of Topliss-reactive ketones (excluding diaryl/α,β-unsaturated/α-hetero) is 1. The van der Waals surface area contributed by atoms with E-state index in [4.69, 9.17) is 23.9 Å². The molecule has 1 aromatic carbocycles. The average molecular weight is 708 g/mol. The van der Waals surface area contributed by atoms with Crippen molar-refractivity contribution >= 4 is 29.5 Å². The lowest BCUT2D eigenvalue weighted by molar-refractivity contribution is -0.206. The molecule has 1 aromatic heterocycles. The Kier molecular flexibility index (Phi) is 7.68. The second-order valence-corrected chi connectivity index (χ2v) is 16.7. The first-order valence-corrected chi connectivity index (χ1v) is 18.5. The summed E-state index contributed by atoms with van der Waals surface area (Å²) in [6, 6.07) is -0.347. The maximum absolute atomic E-state index is 15.2. The summed E-state index contributed by atoms with van der Waals surface area (Å²) in [6.07, 6.45) is 16.4. The number of hydrogen-bond donors (Lipinski definition) is 1. The second-order valence-electron chi connectivity index (χ2n) is 16.7. The molecule has 7 aliphatic rings. The first-order chi connectivity index (χ1) is 24.6. The van der Waals surface area contributed by atoms with E-state index in [2.05, 4.69) is 51.8 Å². The van der Waals surface area contributed by atoms with Crippen molar-refractivity contribution < 1.29 is 33.6 Å². The Labute approximate surface area is 305 Å². The lowest BCUT2D eigenvalue weighted by Crippen LogP contribution is -2.79. The molecule has 3 saturated carbocycles. The minimum absolute atomic E-state index is 0.0386. The molecule has 52 heavy (non-hydrogen) atoms. The number of aromatic hydroxyl groups is 1. The summed E-state index contributed by atoms with van der Waals surface area (Å²) in [6.45, 7) is 16.1. The van der Waals surface area contributed by atoms with Crippen LogP contribution in [0.3, 0.4) is 0 Å². The molecule has 4 aliphatic heterocycles. The SMILES string of the molecule is COC(=O)C(C)=CCC12OC(C)(C)C3CC(C1=O)C1C4C(=Nc5nccn51)c1c(O)c5c(c(CC=C(C)C)c1OC432)OC(C)(CCC=C(C)C)C=C5. The minimum Gasteiger partial charge on any atom is -0.506 e. The van der Waals surface area contributed by atoms with Crippen molar-refractivity contribution in [2.75, 3.05) is 7.11 Å². The van der Waals surface area contributed by atoms with Crippen LogP contribution in [-0.4, -0.2) is 61.6 Å². The number of esters is 1. The zero-order valence-corrected chi connectivity index (χ0v) is 31.6. The van der Waals surface area contributed by atoms with Gasteiger partial charge >= 0.3 is 5.97 Å². The van der Waals surface area contributed by atoms with Crippen molar-refractivity contribution in [3.63, 3.8) is 0 Å². The normalized spacial score (nSPS) is 32.4. The van der Waals surface area contributed by atoms with Crippen LogP contribution >= 0.6 is 0 Å². The molecule has 9 rings (SSSR count). The number of carbonyl (C=O) groups is 2. The van der Waals surface area contributed by atoms with E-state index >= 15 is 4.79 Å². The predicted molar refractivity (Wildman–Crippen MR) is 197 cm³/mol. The van der Waals surface area contributed by atoms with Crippen molar-refractivity contribution in [1.82, 2.24) is 9.55 Å². The van der Waals surface area contributed by atoms with Crippen LogP contribution in [0.25, 0.3) is 6.08 Å². The lowest BCUT2D eigenvalue weighted by atomic mass is 9.44. The van der Waals surface area contributed by atoms with Gasteiger partial charge in [-0.15, -0.1) is 0 Å². The summed E-state index contributed by atoms with van der Waals surface area (Å²) < 4.78 is 28.7. The van der Waals surface area contributed by atoms with Gasteiger partial charge in [-0.05, 0) is 93.2 Å². The fraction of sp³-hybridized carbons (Fsp3) is 0.524. The van der Waals surface area contributed by atoms with Crippen LogP contribution in [0, 0.1) is 17.8 Å². The number of ketones is 1. The van der Waals surface area contributed by atoms with Crippen LogP contribution in [0.2, 0.25) is 0 Å². The fourth-order valence-electron chi connectivity index (χ4n) is 10.2. The highest BCUT2D eigenvalue weighted by molar-refractivity contribution is 6.14. The zero-order valence-electron chi connectivity index (χ0n) is 31.6. The first-order valence-electron chi connectivity index (χ1n) is 18.5. The largest absolute Gasteiger partial charge is 0.506 e. The smallest absolute Gasteiger partial charge is 0.333 e. The number of phenolic OH excluding ortho intramolecular Hbond substituents is 1. The van der Waals surface area contributed by atoms with Gasteiger partial charge in [-0.25, -0.2) is 14.8 Å². The number of hydrogen-bond acceptors (Lipinski definition) is 9. The van der Waals surface area contributed by atoms with Crippen molar-refractivity contribution in [1.29, 1.82) is 0 Å². The summed E-state index contributed by atoms with van der Waals surface area (Å²) in [4.78, 5) is 37.7. The highest BCUT2D eigenvalue weighted by Gasteiger charge is 2.85. The van der Waals surface area contributed by atoms with Gasteiger partial charge in [-0.1, -0.05) is 29.4 Å². The maximum atomic E-state index is 15.2. The average Bonchev–Trinajstić information content (AvgIpc) is 3.61. The number of allylic oxidation sites excluding steroid dienone is 4. The van der Waals surface area contributed by atoms with E-state index in [9.17, 15) is 9.90 Å². The highest BCUT2D eigenvalue weighted by atomic mass is 16.6. The van der Waals surface area contributed by atoms with E-state index in [0.29, 0.717) is 52.7 Å². The molecule has 1 spiro atoms. The third-order valence-corrected chi connectivity index (χ3v) is 12.4. The molecule has 4 bridgehead atoms. The topological polar surface area (TPSA) is 121 Å². The van der Waals surface area contributed by atoms with E-state index < -0.39 is 40.2 Å². The van der Waals surface area contributed by atoms with E-state index in [1.54, 1.807) is 19.2 Å². The second kappa shape index (κ2) is 11.5. The maximum Gasteiger partial charge on any atom is 0.333 e. The number of benzene rings is 1. The molecule has 4 fully saturated rings. The molecule has 2 aromatic rings. The van der Waals surface area contributed by atoms with E-state index in [0.717, 1.165) is 24.0 Å². The van der Waals surface area contributed by atoms with Crippen LogP contribution in [0.5, 0.6) is 17.2 Å². The summed E-state index contributed by atoms with van der Waals surface area (Å²) in [5, 5.41) is 12.4. The number of aromatic nitrogens is 2. The molecule has 0 radical (unpaired) electrons. The number of imidazole rings is 1. The molecular weight excluding hydrogens is 658 g/mol. The van der Waals surface area contributed by atoms with Gasteiger partial charge in [0.05, 0.1) is 41.5 Å². The van der Waals surface area contributed by atoms with Gasteiger partial charge in [-0.2, -0.15) is 0 Å². The summed E-state index contributed by atoms with van der Waals surface area (Å²) in [5.41, 5.74) is 1.22. The zero-order chi connectivity index (χ0) is 37.1. The number of methoxy groups -OCH3 is 1. The third-order valence-electron chi connectivity index (χ3n) is 12.4. The van der Waals surface area contributed by atoms with Gasteiger partial charge in [0.15, 0.2) is 17.0 Å². The Morgan fingerprint density at radius 3 is 2.54 bits per heavy atom. The van der Waals surface area contributed by atoms with Crippen LogP contribution < -0.4 is 9.47 Å². The van der Waals surface area contributed by atoms with Crippen molar-refractivity contribution in [3.8, 4) is 17.2 Å². The number of rotatable bonds is 8. The molecule has 274 valence electrons. The van der Waals surface area contributed by atoms with Gasteiger partial charge in [0.2, 0.25) is 5.95 Å². The van der Waals surface area contributed by atoms with Gasteiger partial charge in [0, 0.05) is 41.8 Å². The van der Waals surface area contributed by atoms with E-state index in [-0.39, 0.29) is 29.9 Å². The predicted octanol–water partition coefficient (Wildman–Crippen LogP) is 7.71. The third kappa shape index (κ3) is 4.58. The van der Waals surface area contributed by atoms with Crippen molar-refractivity contribution in [2.24, 2.45) is 22.7 Å². The summed E-state index contributed by atoms with van der Waals surface area (Å²) >= 11 is 0. The Hall–Kier alpha value is -4.44. The van der Waals surface area contributed by atoms with E-state index in [1.165, 1.54) is 12.7 Å². The fourth-order valence-corrected chi connectivity index (χ4v) is 10.2. The number of phenols is 1. The van der Waals surface area contributed by atoms with Crippen LogP contribution in [-0.2, 0) is 25.5 Å². The summed E-state index contributed by atoms with van der Waals surface area (Å²) in [5.74, 6) is -0.0625. The Morgan fingerprint density at radius 1 is 1.08 bits per heavy atom. The molecule has 0 amide bonds. The van der Waals surface area contributed by atoms with Crippen LogP contribution in [0.1, 0.15) is 104 Å². The number of aliphatic imine (C=N–C) groups is 1. The molecule has 7 unspecified atom stereocenters. The highest BCUT2D eigenvalue weighted by Crippen LogP contribution is 2.73.